The number of carbonyl (C=O) groups is 1. The van der Waals surface area contributed by atoms with E-state index in [1.54, 1.807) is 7.05 Å². The standard InChI is InChI=1S/C15H18N2O5/c1-16-5-4-12(18)13(19)8-2-3-9-11(6-8)17-7-10(14(9)20)15(21)22/h2-3,6-7,12-13,16,18-19H,4-5H2,1H3,(H,17,20)(H,21,22). The molecule has 118 valence electrons. The van der Waals surface area contributed by atoms with E-state index in [2.05, 4.69) is 10.3 Å². The predicted molar refractivity (Wildman–Crippen MR) is 81.0 cm³/mol. The molecule has 0 spiro atoms. The predicted octanol–water partition coefficient (Wildman–Crippen LogP) is 0.230. The van der Waals surface area contributed by atoms with Crippen molar-refractivity contribution in [3.8, 4) is 0 Å². The van der Waals surface area contributed by atoms with Crippen molar-refractivity contribution in [2.45, 2.75) is 18.6 Å². The fourth-order valence-electron chi connectivity index (χ4n) is 2.25. The maximum absolute atomic E-state index is 12.0. The van der Waals surface area contributed by atoms with Gasteiger partial charge in [-0.05, 0) is 37.7 Å². The van der Waals surface area contributed by atoms with Crippen LogP contribution in [0.25, 0.3) is 10.9 Å². The van der Waals surface area contributed by atoms with Crippen molar-refractivity contribution >= 4 is 16.9 Å². The van der Waals surface area contributed by atoms with Crippen LogP contribution < -0.4 is 10.7 Å². The van der Waals surface area contributed by atoms with E-state index in [-0.39, 0.29) is 10.9 Å². The van der Waals surface area contributed by atoms with Gasteiger partial charge in [-0.15, -0.1) is 0 Å². The summed E-state index contributed by atoms with van der Waals surface area (Å²) in [6, 6.07) is 4.50. The number of H-pyrrole nitrogens is 1. The molecule has 1 aromatic heterocycles. The van der Waals surface area contributed by atoms with Crippen molar-refractivity contribution in [1.29, 1.82) is 0 Å². The number of aromatic amines is 1. The summed E-state index contributed by atoms with van der Waals surface area (Å²) in [5.41, 5.74) is -0.0601. The molecule has 0 aliphatic carbocycles. The third-order valence-electron chi connectivity index (χ3n) is 3.53. The maximum Gasteiger partial charge on any atom is 0.341 e. The second kappa shape index (κ2) is 6.69. The van der Waals surface area contributed by atoms with E-state index >= 15 is 0 Å². The van der Waals surface area contributed by atoms with Crippen molar-refractivity contribution < 1.29 is 20.1 Å². The highest BCUT2D eigenvalue weighted by molar-refractivity contribution is 5.92. The van der Waals surface area contributed by atoms with Crippen molar-refractivity contribution in [3.63, 3.8) is 0 Å². The maximum atomic E-state index is 12.0. The fraction of sp³-hybridized carbons (Fsp3) is 0.333. The van der Waals surface area contributed by atoms with E-state index in [1.165, 1.54) is 18.2 Å². The third-order valence-corrected chi connectivity index (χ3v) is 3.53. The van der Waals surface area contributed by atoms with Gasteiger partial charge in [0.1, 0.15) is 11.7 Å². The van der Waals surface area contributed by atoms with Gasteiger partial charge in [0, 0.05) is 17.1 Å². The number of hydrogen-bond donors (Lipinski definition) is 5. The summed E-state index contributed by atoms with van der Waals surface area (Å²) >= 11 is 0. The molecule has 22 heavy (non-hydrogen) atoms. The molecule has 0 amide bonds. The van der Waals surface area contributed by atoms with Gasteiger partial charge >= 0.3 is 5.97 Å². The number of fused-ring (bicyclic) bond motifs is 1. The number of aromatic carboxylic acids is 1. The van der Waals surface area contributed by atoms with Crippen LogP contribution in [-0.2, 0) is 0 Å². The summed E-state index contributed by atoms with van der Waals surface area (Å²) < 4.78 is 0. The van der Waals surface area contributed by atoms with Crippen LogP contribution in [0.3, 0.4) is 0 Å². The highest BCUT2D eigenvalue weighted by atomic mass is 16.4. The van der Waals surface area contributed by atoms with Crippen LogP contribution in [-0.4, -0.2) is 46.0 Å². The third kappa shape index (κ3) is 3.16. The minimum atomic E-state index is -1.30. The van der Waals surface area contributed by atoms with Crippen LogP contribution >= 0.6 is 0 Å². The minimum Gasteiger partial charge on any atom is -0.477 e. The normalized spacial score (nSPS) is 14.0. The molecule has 0 saturated carbocycles. The van der Waals surface area contributed by atoms with Gasteiger partial charge in [-0.1, -0.05) is 6.07 Å². The van der Waals surface area contributed by atoms with Crippen LogP contribution in [0.5, 0.6) is 0 Å². The number of carboxylic acid groups (broad SMARTS) is 1. The minimum absolute atomic E-state index is 0.223. The number of hydrogen-bond acceptors (Lipinski definition) is 5. The zero-order valence-corrected chi connectivity index (χ0v) is 12.0. The van der Waals surface area contributed by atoms with Crippen LogP contribution in [0.4, 0.5) is 0 Å². The van der Waals surface area contributed by atoms with E-state index in [9.17, 15) is 19.8 Å². The molecule has 0 fully saturated rings. The van der Waals surface area contributed by atoms with Crippen LogP contribution in [0, 0.1) is 0 Å². The van der Waals surface area contributed by atoms with Crippen LogP contribution in [0.2, 0.25) is 0 Å². The van der Waals surface area contributed by atoms with Gasteiger partial charge < -0.3 is 25.6 Å². The Hall–Kier alpha value is -2.22. The molecule has 2 atom stereocenters. The van der Waals surface area contributed by atoms with Gasteiger partial charge in [0.15, 0.2) is 0 Å². The Morgan fingerprint density at radius 2 is 2.09 bits per heavy atom. The van der Waals surface area contributed by atoms with Gasteiger partial charge in [0.25, 0.3) is 0 Å². The number of aliphatic hydroxyl groups excluding tert-OH is 2. The first-order valence-electron chi connectivity index (χ1n) is 6.85. The summed E-state index contributed by atoms with van der Waals surface area (Å²) in [5.74, 6) is -1.30. The van der Waals surface area contributed by atoms with Crippen molar-refractivity contribution in [2.75, 3.05) is 13.6 Å². The zero-order valence-electron chi connectivity index (χ0n) is 12.0. The molecular formula is C15H18N2O5. The topological polar surface area (TPSA) is 123 Å². The van der Waals surface area contributed by atoms with Gasteiger partial charge in [-0.3, -0.25) is 4.79 Å². The second-order valence-corrected chi connectivity index (χ2v) is 5.05. The van der Waals surface area contributed by atoms with Gasteiger partial charge in [-0.25, -0.2) is 4.79 Å². The van der Waals surface area contributed by atoms with Crippen LogP contribution in [0.1, 0.15) is 28.4 Å². The number of nitrogens with one attached hydrogen (secondary N) is 2. The van der Waals surface area contributed by atoms with Crippen molar-refractivity contribution in [1.82, 2.24) is 10.3 Å². The molecule has 0 aliphatic heterocycles. The molecule has 2 unspecified atom stereocenters. The second-order valence-electron chi connectivity index (χ2n) is 5.05. The number of aliphatic hydroxyl groups is 2. The summed E-state index contributed by atoms with van der Waals surface area (Å²) in [6.45, 7) is 0.560. The highest BCUT2D eigenvalue weighted by Gasteiger charge is 2.19. The molecule has 2 aromatic rings. The largest absolute Gasteiger partial charge is 0.477 e. The Morgan fingerprint density at radius 3 is 2.73 bits per heavy atom. The lowest BCUT2D eigenvalue weighted by atomic mass is 10.00. The number of rotatable bonds is 6. The molecule has 0 saturated heterocycles. The Kier molecular flexibility index (Phi) is 4.92. The van der Waals surface area contributed by atoms with E-state index in [0.717, 1.165) is 6.20 Å². The SMILES string of the molecule is CNCCC(O)C(O)c1ccc2c(=O)c(C(=O)O)c[nH]c2c1. The Bertz CT molecular complexity index is 740. The molecule has 7 heteroatoms. The van der Waals surface area contributed by atoms with Gasteiger partial charge in [-0.2, -0.15) is 0 Å². The summed E-state index contributed by atoms with van der Waals surface area (Å²) in [6.07, 6.45) is -0.513. The van der Waals surface area contributed by atoms with E-state index in [1.807, 2.05) is 0 Å². The van der Waals surface area contributed by atoms with Crippen molar-refractivity contribution in [2.24, 2.45) is 0 Å². The van der Waals surface area contributed by atoms with E-state index in [0.29, 0.717) is 24.0 Å². The van der Waals surface area contributed by atoms with E-state index in [4.69, 9.17) is 5.11 Å². The molecule has 1 aromatic carbocycles. The average molecular weight is 306 g/mol. The first kappa shape index (κ1) is 16.2. The summed E-state index contributed by atoms with van der Waals surface area (Å²) in [5, 5.41) is 32.1. The molecular weight excluding hydrogens is 288 g/mol. The highest BCUT2D eigenvalue weighted by Crippen LogP contribution is 2.21. The molecule has 0 aliphatic rings. The Morgan fingerprint density at radius 1 is 1.36 bits per heavy atom. The fourth-order valence-corrected chi connectivity index (χ4v) is 2.25. The first-order chi connectivity index (χ1) is 10.5. The lowest BCUT2D eigenvalue weighted by molar-refractivity contribution is 0.0141. The quantitative estimate of drug-likeness (QED) is 0.521. The molecule has 0 bridgehead atoms. The summed E-state index contributed by atoms with van der Waals surface area (Å²) in [7, 11) is 1.75. The van der Waals surface area contributed by atoms with Crippen molar-refractivity contribution in [3.05, 3.63) is 45.7 Å². The van der Waals surface area contributed by atoms with Gasteiger partial charge in [0.2, 0.25) is 5.43 Å². The summed E-state index contributed by atoms with van der Waals surface area (Å²) in [4.78, 5) is 25.7. The first-order valence-corrected chi connectivity index (χ1v) is 6.85. The molecule has 2 rings (SSSR count). The smallest absolute Gasteiger partial charge is 0.341 e. The lowest BCUT2D eigenvalue weighted by Gasteiger charge is -2.18. The lowest BCUT2D eigenvalue weighted by Crippen LogP contribution is -2.23. The number of benzene rings is 1. The molecule has 5 N–H and O–H groups in total. The number of pyridine rings is 1. The van der Waals surface area contributed by atoms with Crippen LogP contribution in [0.15, 0.2) is 29.2 Å². The Labute approximate surface area is 126 Å². The zero-order chi connectivity index (χ0) is 16.3. The Balaban J connectivity index is 2.37. The van der Waals surface area contributed by atoms with E-state index < -0.39 is 23.6 Å². The number of aromatic nitrogens is 1. The molecule has 7 nitrogen and oxygen atoms in total. The molecule has 0 radical (unpaired) electrons. The molecule has 1 heterocycles. The monoisotopic (exact) mass is 306 g/mol. The van der Waals surface area contributed by atoms with Gasteiger partial charge in [0.05, 0.1) is 6.10 Å². The number of carboxylic acids is 1. The average Bonchev–Trinajstić information content (AvgIpc) is 2.51.